The highest BCUT2D eigenvalue weighted by atomic mass is 16.2. The Labute approximate surface area is 125 Å². The molecule has 1 aliphatic heterocycles. The molecule has 1 aliphatic rings. The van der Waals surface area contributed by atoms with Crippen molar-refractivity contribution < 1.29 is 9.59 Å². The smallest absolute Gasteiger partial charge is 0.245 e. The summed E-state index contributed by atoms with van der Waals surface area (Å²) in [5, 5.41) is 7.17. The van der Waals surface area contributed by atoms with Crippen molar-refractivity contribution >= 4 is 11.8 Å². The van der Waals surface area contributed by atoms with E-state index in [1.807, 2.05) is 31.5 Å². The van der Waals surface area contributed by atoms with Crippen molar-refractivity contribution in [2.75, 3.05) is 0 Å². The minimum absolute atomic E-state index is 0.0189. The molecule has 1 fully saturated rings. The molecule has 6 heteroatoms. The Kier molecular flexibility index (Phi) is 4.65. The summed E-state index contributed by atoms with van der Waals surface area (Å²) in [6, 6.07) is 1.15. The molecule has 1 saturated heterocycles. The maximum absolute atomic E-state index is 12.4. The number of amides is 2. The molecule has 2 rings (SSSR count). The molecule has 6 nitrogen and oxygen atoms in total. The van der Waals surface area contributed by atoms with Gasteiger partial charge in [0, 0.05) is 6.54 Å². The van der Waals surface area contributed by atoms with Crippen molar-refractivity contribution in [1.29, 1.82) is 0 Å². The van der Waals surface area contributed by atoms with Gasteiger partial charge in [0.05, 0.1) is 17.9 Å². The highest BCUT2D eigenvalue weighted by molar-refractivity contribution is 5.96. The molecular formula is C15H24N4O2. The van der Waals surface area contributed by atoms with E-state index in [4.69, 9.17) is 0 Å². The van der Waals surface area contributed by atoms with E-state index in [2.05, 4.69) is 10.4 Å². The number of nitrogens with zero attached hydrogens (tertiary/aromatic N) is 3. The number of carbonyl (C=O) groups is 2. The second kappa shape index (κ2) is 6.28. The van der Waals surface area contributed by atoms with Crippen LogP contribution in [0.3, 0.4) is 0 Å². The fourth-order valence-electron chi connectivity index (χ4n) is 2.84. The first-order chi connectivity index (χ1) is 9.97. The predicted molar refractivity (Wildman–Crippen MR) is 79.5 cm³/mol. The molecule has 0 radical (unpaired) electrons. The van der Waals surface area contributed by atoms with Crippen molar-refractivity contribution in [3.8, 4) is 0 Å². The molecule has 0 bridgehead atoms. The van der Waals surface area contributed by atoms with Crippen LogP contribution in [0.1, 0.15) is 45.0 Å². The zero-order valence-electron chi connectivity index (χ0n) is 13.2. The zero-order valence-corrected chi connectivity index (χ0v) is 13.2. The summed E-state index contributed by atoms with van der Waals surface area (Å²) in [5.41, 5.74) is 1.91. The largest absolute Gasteiger partial charge is 0.343 e. The molecule has 0 spiro atoms. The van der Waals surface area contributed by atoms with Gasteiger partial charge in [-0.05, 0) is 33.3 Å². The van der Waals surface area contributed by atoms with Gasteiger partial charge in [-0.15, -0.1) is 0 Å². The van der Waals surface area contributed by atoms with Crippen molar-refractivity contribution in [3.05, 3.63) is 17.5 Å². The standard InChI is InChI=1S/C15H24N4O2/c1-5-7-13-14(20)16-11(4)15(21)18(13)9-12-8-10(3)17-19(12)6-2/h8,11,13H,5-7,9H2,1-4H3,(H,16,20). The SMILES string of the molecule is CCCC1C(=O)NC(C)C(=O)N1Cc1cc(C)nn1CC. The number of carbonyl (C=O) groups excluding carboxylic acids is 2. The summed E-state index contributed by atoms with van der Waals surface area (Å²) in [5.74, 6) is -0.0715. The van der Waals surface area contributed by atoms with Gasteiger partial charge in [-0.3, -0.25) is 14.3 Å². The van der Waals surface area contributed by atoms with E-state index in [-0.39, 0.29) is 17.9 Å². The van der Waals surface area contributed by atoms with Crippen LogP contribution in [-0.2, 0) is 22.7 Å². The molecular weight excluding hydrogens is 268 g/mol. The normalized spacial score (nSPS) is 22.6. The lowest BCUT2D eigenvalue weighted by atomic mass is 10.0. The zero-order chi connectivity index (χ0) is 15.6. The van der Waals surface area contributed by atoms with Gasteiger partial charge in [0.2, 0.25) is 11.8 Å². The van der Waals surface area contributed by atoms with Gasteiger partial charge < -0.3 is 10.2 Å². The van der Waals surface area contributed by atoms with Crippen LogP contribution in [0, 0.1) is 6.92 Å². The van der Waals surface area contributed by atoms with Gasteiger partial charge in [-0.25, -0.2) is 0 Å². The number of aryl methyl sites for hydroxylation is 2. The number of hydrogen-bond donors (Lipinski definition) is 1. The number of hydrogen-bond acceptors (Lipinski definition) is 3. The van der Waals surface area contributed by atoms with Gasteiger partial charge >= 0.3 is 0 Å². The lowest BCUT2D eigenvalue weighted by Crippen LogP contribution is -2.62. The first-order valence-electron chi connectivity index (χ1n) is 7.62. The van der Waals surface area contributed by atoms with Gasteiger partial charge in [0.1, 0.15) is 12.1 Å². The summed E-state index contributed by atoms with van der Waals surface area (Å²) >= 11 is 0. The summed E-state index contributed by atoms with van der Waals surface area (Å²) in [4.78, 5) is 26.3. The Morgan fingerprint density at radius 1 is 1.33 bits per heavy atom. The maximum atomic E-state index is 12.4. The molecule has 0 aliphatic carbocycles. The molecule has 1 aromatic rings. The highest BCUT2D eigenvalue weighted by Gasteiger charge is 2.38. The van der Waals surface area contributed by atoms with Gasteiger partial charge in [0.15, 0.2) is 0 Å². The van der Waals surface area contributed by atoms with Crippen LogP contribution in [-0.4, -0.2) is 38.6 Å². The van der Waals surface area contributed by atoms with Crippen LogP contribution < -0.4 is 5.32 Å². The number of piperazine rings is 1. The van der Waals surface area contributed by atoms with E-state index in [1.165, 1.54) is 0 Å². The lowest BCUT2D eigenvalue weighted by molar-refractivity contribution is -0.149. The lowest BCUT2D eigenvalue weighted by Gasteiger charge is -2.37. The average molecular weight is 292 g/mol. The molecule has 1 N–H and O–H groups in total. The minimum atomic E-state index is -0.454. The summed E-state index contributed by atoms with van der Waals surface area (Å²) in [7, 11) is 0. The Bertz CT molecular complexity index is 538. The van der Waals surface area contributed by atoms with E-state index < -0.39 is 6.04 Å². The number of nitrogens with one attached hydrogen (secondary N) is 1. The molecule has 0 saturated carbocycles. The number of aromatic nitrogens is 2. The van der Waals surface area contributed by atoms with Crippen molar-refractivity contribution in [1.82, 2.24) is 20.0 Å². The van der Waals surface area contributed by atoms with Crippen LogP contribution in [0.4, 0.5) is 0 Å². The Morgan fingerprint density at radius 2 is 2.05 bits per heavy atom. The van der Waals surface area contributed by atoms with Crippen LogP contribution in [0.15, 0.2) is 6.07 Å². The number of rotatable bonds is 5. The monoisotopic (exact) mass is 292 g/mol. The van der Waals surface area contributed by atoms with E-state index in [0.717, 1.165) is 24.4 Å². The third kappa shape index (κ3) is 3.09. The first-order valence-corrected chi connectivity index (χ1v) is 7.62. The van der Waals surface area contributed by atoms with Crippen molar-refractivity contribution in [2.45, 2.75) is 65.7 Å². The van der Waals surface area contributed by atoms with Crippen LogP contribution in [0.5, 0.6) is 0 Å². The Balaban J connectivity index is 2.27. The third-order valence-corrected chi connectivity index (χ3v) is 3.87. The van der Waals surface area contributed by atoms with E-state index in [1.54, 1.807) is 11.8 Å². The fourth-order valence-corrected chi connectivity index (χ4v) is 2.84. The highest BCUT2D eigenvalue weighted by Crippen LogP contribution is 2.19. The Hall–Kier alpha value is -1.85. The molecule has 21 heavy (non-hydrogen) atoms. The molecule has 2 amide bonds. The quantitative estimate of drug-likeness (QED) is 0.887. The molecule has 2 heterocycles. The molecule has 2 atom stereocenters. The average Bonchev–Trinajstić information content (AvgIpc) is 2.80. The van der Waals surface area contributed by atoms with E-state index in [9.17, 15) is 9.59 Å². The molecule has 2 unspecified atom stereocenters. The minimum Gasteiger partial charge on any atom is -0.343 e. The van der Waals surface area contributed by atoms with Gasteiger partial charge in [-0.1, -0.05) is 13.3 Å². The summed E-state index contributed by atoms with van der Waals surface area (Å²) in [6.07, 6.45) is 1.55. The van der Waals surface area contributed by atoms with Crippen molar-refractivity contribution in [2.24, 2.45) is 0 Å². The van der Waals surface area contributed by atoms with Crippen LogP contribution >= 0.6 is 0 Å². The predicted octanol–water partition coefficient (Wildman–Crippen LogP) is 1.23. The second-order valence-electron chi connectivity index (χ2n) is 5.59. The molecule has 1 aromatic heterocycles. The Morgan fingerprint density at radius 3 is 2.67 bits per heavy atom. The maximum Gasteiger partial charge on any atom is 0.245 e. The second-order valence-corrected chi connectivity index (χ2v) is 5.59. The first kappa shape index (κ1) is 15.5. The topological polar surface area (TPSA) is 67.2 Å². The third-order valence-electron chi connectivity index (χ3n) is 3.87. The van der Waals surface area contributed by atoms with E-state index >= 15 is 0 Å². The van der Waals surface area contributed by atoms with E-state index in [0.29, 0.717) is 13.0 Å². The van der Waals surface area contributed by atoms with Crippen LogP contribution in [0.25, 0.3) is 0 Å². The summed E-state index contributed by atoms with van der Waals surface area (Å²) in [6.45, 7) is 8.91. The fraction of sp³-hybridized carbons (Fsp3) is 0.667. The van der Waals surface area contributed by atoms with Gasteiger partial charge in [-0.2, -0.15) is 5.10 Å². The summed E-state index contributed by atoms with van der Waals surface area (Å²) < 4.78 is 1.89. The van der Waals surface area contributed by atoms with Crippen LogP contribution in [0.2, 0.25) is 0 Å². The van der Waals surface area contributed by atoms with Crippen molar-refractivity contribution in [3.63, 3.8) is 0 Å². The molecule has 116 valence electrons. The molecule has 0 aromatic carbocycles. The van der Waals surface area contributed by atoms with Gasteiger partial charge in [0.25, 0.3) is 0 Å².